The topological polar surface area (TPSA) is 12.9 Å². The fourth-order valence-electron chi connectivity index (χ4n) is 2.48. The van der Waals surface area contributed by atoms with E-state index in [2.05, 4.69) is 73.4 Å². The Labute approximate surface area is 126 Å². The molecular formula is C20H19N. The molecule has 0 aliphatic rings. The Morgan fingerprint density at radius 3 is 2.00 bits per heavy atom. The highest BCUT2D eigenvalue weighted by atomic mass is 14.6. The van der Waals surface area contributed by atoms with E-state index in [0.717, 1.165) is 5.56 Å². The molecule has 21 heavy (non-hydrogen) atoms. The fourth-order valence-corrected chi connectivity index (χ4v) is 2.48. The zero-order chi connectivity index (χ0) is 14.7. The Hall–Kier alpha value is -2.41. The van der Waals surface area contributed by atoms with Gasteiger partial charge in [0.25, 0.3) is 0 Å². The third-order valence-corrected chi connectivity index (χ3v) is 3.72. The quantitative estimate of drug-likeness (QED) is 0.610. The van der Waals surface area contributed by atoms with Crippen molar-refractivity contribution >= 4 is 0 Å². The normalized spacial score (nSPS) is 10.8. The zero-order valence-corrected chi connectivity index (χ0v) is 12.5. The van der Waals surface area contributed by atoms with Gasteiger partial charge in [0.2, 0.25) is 0 Å². The summed E-state index contributed by atoms with van der Waals surface area (Å²) < 4.78 is 0. The molecule has 0 aliphatic heterocycles. The van der Waals surface area contributed by atoms with Crippen molar-refractivity contribution in [3.05, 3.63) is 78.6 Å². The van der Waals surface area contributed by atoms with Crippen molar-refractivity contribution in [2.24, 2.45) is 0 Å². The van der Waals surface area contributed by atoms with Gasteiger partial charge in [-0.3, -0.25) is 4.98 Å². The fraction of sp³-hybridized carbons (Fsp3) is 0.150. The smallest absolute Gasteiger partial charge is 0.0346 e. The highest BCUT2D eigenvalue weighted by Gasteiger charge is 2.07. The highest BCUT2D eigenvalue weighted by Crippen LogP contribution is 2.30. The molecule has 3 aromatic rings. The summed E-state index contributed by atoms with van der Waals surface area (Å²) in [5.41, 5.74) is 6.27. The van der Waals surface area contributed by atoms with Crippen molar-refractivity contribution in [2.75, 3.05) is 0 Å². The molecule has 0 N–H and O–H groups in total. The summed E-state index contributed by atoms with van der Waals surface area (Å²) >= 11 is 0. The maximum atomic E-state index is 4.24. The summed E-state index contributed by atoms with van der Waals surface area (Å²) in [7, 11) is 0. The van der Waals surface area contributed by atoms with Crippen LogP contribution >= 0.6 is 0 Å². The monoisotopic (exact) mass is 273 g/mol. The molecule has 0 bridgehead atoms. The third kappa shape index (κ3) is 3.03. The summed E-state index contributed by atoms with van der Waals surface area (Å²) in [6.45, 7) is 4.47. The average molecular weight is 273 g/mol. The molecule has 0 aliphatic carbocycles. The van der Waals surface area contributed by atoms with E-state index in [1.807, 2.05) is 18.5 Å². The van der Waals surface area contributed by atoms with Crippen LogP contribution in [0.15, 0.2) is 73.1 Å². The summed E-state index contributed by atoms with van der Waals surface area (Å²) in [5, 5.41) is 0. The molecule has 2 aromatic carbocycles. The first kappa shape index (κ1) is 13.6. The standard InChI is InChI=1S/C20H19N/c1-15(2)18-11-19(16-7-4-3-5-8-16)13-20(12-18)17-9-6-10-21-14-17/h3-15H,1-2H3. The predicted octanol–water partition coefficient (Wildman–Crippen LogP) is 5.54. The Balaban J connectivity index is 2.16. The molecule has 0 spiro atoms. The molecule has 0 fully saturated rings. The van der Waals surface area contributed by atoms with Crippen LogP contribution in [0.25, 0.3) is 22.3 Å². The van der Waals surface area contributed by atoms with Crippen molar-refractivity contribution in [1.29, 1.82) is 0 Å². The van der Waals surface area contributed by atoms with Crippen LogP contribution in [0.2, 0.25) is 0 Å². The molecule has 0 atom stereocenters. The van der Waals surface area contributed by atoms with Crippen molar-refractivity contribution in [2.45, 2.75) is 19.8 Å². The SMILES string of the molecule is CC(C)c1cc(-c2ccccc2)cc(-c2cccnc2)c1. The zero-order valence-electron chi connectivity index (χ0n) is 12.5. The minimum atomic E-state index is 0.504. The van der Waals surface area contributed by atoms with Gasteiger partial charge in [0.15, 0.2) is 0 Å². The number of hydrogen-bond acceptors (Lipinski definition) is 1. The van der Waals surface area contributed by atoms with Crippen molar-refractivity contribution in [3.63, 3.8) is 0 Å². The van der Waals surface area contributed by atoms with Gasteiger partial charge in [0.1, 0.15) is 0 Å². The van der Waals surface area contributed by atoms with Crippen LogP contribution in [0.3, 0.4) is 0 Å². The molecule has 1 heteroatoms. The molecule has 0 amide bonds. The summed E-state index contributed by atoms with van der Waals surface area (Å²) in [6.07, 6.45) is 3.74. The predicted molar refractivity (Wildman–Crippen MR) is 89.2 cm³/mol. The lowest BCUT2D eigenvalue weighted by molar-refractivity contribution is 0.867. The number of aromatic nitrogens is 1. The average Bonchev–Trinajstić information content (AvgIpc) is 2.56. The molecule has 0 saturated heterocycles. The lowest BCUT2D eigenvalue weighted by atomic mass is 9.92. The van der Waals surface area contributed by atoms with Gasteiger partial charge in [-0.1, -0.05) is 62.4 Å². The van der Waals surface area contributed by atoms with Crippen LogP contribution in [0.5, 0.6) is 0 Å². The van der Waals surface area contributed by atoms with Gasteiger partial charge in [0, 0.05) is 18.0 Å². The Morgan fingerprint density at radius 2 is 1.38 bits per heavy atom. The number of hydrogen-bond donors (Lipinski definition) is 0. The second kappa shape index (κ2) is 5.92. The Morgan fingerprint density at radius 1 is 0.714 bits per heavy atom. The lowest BCUT2D eigenvalue weighted by Crippen LogP contribution is -1.91. The third-order valence-electron chi connectivity index (χ3n) is 3.72. The van der Waals surface area contributed by atoms with Gasteiger partial charge in [-0.2, -0.15) is 0 Å². The first-order valence-corrected chi connectivity index (χ1v) is 7.35. The second-order valence-corrected chi connectivity index (χ2v) is 5.61. The van der Waals surface area contributed by atoms with E-state index < -0.39 is 0 Å². The van der Waals surface area contributed by atoms with Crippen molar-refractivity contribution in [3.8, 4) is 22.3 Å². The molecule has 104 valence electrons. The second-order valence-electron chi connectivity index (χ2n) is 5.61. The van der Waals surface area contributed by atoms with Crippen LogP contribution in [0.1, 0.15) is 25.3 Å². The molecule has 1 nitrogen and oxygen atoms in total. The molecule has 3 rings (SSSR count). The largest absolute Gasteiger partial charge is 0.264 e. The molecule has 1 aromatic heterocycles. The van der Waals surface area contributed by atoms with Gasteiger partial charge in [-0.05, 0) is 40.3 Å². The van der Waals surface area contributed by atoms with Gasteiger partial charge in [-0.25, -0.2) is 0 Å². The van der Waals surface area contributed by atoms with Crippen LogP contribution in [0, 0.1) is 0 Å². The maximum absolute atomic E-state index is 4.24. The van der Waals surface area contributed by atoms with Gasteiger partial charge in [-0.15, -0.1) is 0 Å². The Kier molecular flexibility index (Phi) is 3.83. The minimum Gasteiger partial charge on any atom is -0.264 e. The number of benzene rings is 2. The summed E-state index contributed by atoms with van der Waals surface area (Å²) in [5.74, 6) is 0.504. The molecule has 0 unspecified atom stereocenters. The first-order valence-electron chi connectivity index (χ1n) is 7.35. The summed E-state index contributed by atoms with van der Waals surface area (Å²) in [6, 6.07) is 21.5. The van der Waals surface area contributed by atoms with E-state index in [-0.39, 0.29) is 0 Å². The minimum absolute atomic E-state index is 0.504. The van der Waals surface area contributed by atoms with Crippen LogP contribution in [-0.4, -0.2) is 4.98 Å². The first-order chi connectivity index (χ1) is 10.2. The molecule has 1 heterocycles. The van der Waals surface area contributed by atoms with Crippen LogP contribution in [-0.2, 0) is 0 Å². The number of nitrogens with zero attached hydrogens (tertiary/aromatic N) is 1. The molecule has 0 saturated carbocycles. The highest BCUT2D eigenvalue weighted by molar-refractivity contribution is 5.74. The van der Waals surface area contributed by atoms with E-state index in [9.17, 15) is 0 Å². The van der Waals surface area contributed by atoms with Crippen molar-refractivity contribution in [1.82, 2.24) is 4.98 Å². The molecule has 0 radical (unpaired) electrons. The van der Waals surface area contributed by atoms with Crippen molar-refractivity contribution < 1.29 is 0 Å². The van der Waals surface area contributed by atoms with E-state index in [1.165, 1.54) is 22.3 Å². The number of pyridine rings is 1. The maximum Gasteiger partial charge on any atom is 0.0346 e. The van der Waals surface area contributed by atoms with E-state index in [0.29, 0.717) is 5.92 Å². The van der Waals surface area contributed by atoms with Gasteiger partial charge in [0.05, 0.1) is 0 Å². The Bertz CT molecular complexity index is 658. The van der Waals surface area contributed by atoms with Crippen LogP contribution in [0.4, 0.5) is 0 Å². The molecular weight excluding hydrogens is 254 g/mol. The van der Waals surface area contributed by atoms with E-state index >= 15 is 0 Å². The summed E-state index contributed by atoms with van der Waals surface area (Å²) in [4.78, 5) is 4.24. The van der Waals surface area contributed by atoms with Crippen LogP contribution < -0.4 is 0 Å². The van der Waals surface area contributed by atoms with E-state index in [1.54, 1.807) is 0 Å². The number of rotatable bonds is 3. The lowest BCUT2D eigenvalue weighted by Gasteiger charge is -2.12. The van der Waals surface area contributed by atoms with Gasteiger partial charge >= 0.3 is 0 Å². The van der Waals surface area contributed by atoms with E-state index in [4.69, 9.17) is 0 Å². The van der Waals surface area contributed by atoms with Gasteiger partial charge < -0.3 is 0 Å².